The van der Waals surface area contributed by atoms with Crippen molar-refractivity contribution in [3.05, 3.63) is 23.8 Å². The molecule has 2 aliphatic heterocycles. The maximum Gasteiger partial charge on any atom is 0.165 e. The molecule has 0 spiro atoms. The molecule has 3 rings (SSSR count). The van der Waals surface area contributed by atoms with Crippen molar-refractivity contribution in [3.63, 3.8) is 0 Å². The molecule has 0 saturated carbocycles. The van der Waals surface area contributed by atoms with Crippen LogP contribution in [0.3, 0.4) is 0 Å². The highest BCUT2D eigenvalue weighted by Gasteiger charge is 2.39. The zero-order chi connectivity index (χ0) is 11.1. The van der Waals surface area contributed by atoms with Crippen molar-refractivity contribution in [1.82, 2.24) is 4.90 Å². The van der Waals surface area contributed by atoms with E-state index in [9.17, 15) is 0 Å². The third-order valence-corrected chi connectivity index (χ3v) is 3.76. The fourth-order valence-electron chi connectivity index (χ4n) is 2.96. The number of rotatable bonds is 1. The van der Waals surface area contributed by atoms with Gasteiger partial charge in [0.15, 0.2) is 11.5 Å². The third-order valence-electron chi connectivity index (χ3n) is 3.76. The molecular weight excluding hydrogens is 202 g/mol. The van der Waals surface area contributed by atoms with Crippen LogP contribution in [-0.4, -0.2) is 32.2 Å². The van der Waals surface area contributed by atoms with Gasteiger partial charge in [0.1, 0.15) is 0 Å². The Balaban J connectivity index is 2.08. The Morgan fingerprint density at radius 3 is 3.12 bits per heavy atom. The van der Waals surface area contributed by atoms with Gasteiger partial charge in [0.25, 0.3) is 0 Å². The fourth-order valence-corrected chi connectivity index (χ4v) is 2.96. The molecule has 1 saturated heterocycles. The molecule has 86 valence electrons. The first-order chi connectivity index (χ1) is 7.81. The zero-order valence-electron chi connectivity index (χ0n) is 9.77. The van der Waals surface area contributed by atoms with E-state index in [0.717, 1.165) is 24.7 Å². The Labute approximate surface area is 96.0 Å². The minimum atomic E-state index is 0.513. The number of methoxy groups -OCH3 is 1. The molecule has 0 aliphatic carbocycles. The monoisotopic (exact) mass is 219 g/mol. The molecule has 0 N–H and O–H groups in total. The second kappa shape index (κ2) is 3.67. The van der Waals surface area contributed by atoms with Gasteiger partial charge in [0, 0.05) is 17.5 Å². The summed E-state index contributed by atoms with van der Waals surface area (Å²) in [5.41, 5.74) is 1.29. The summed E-state index contributed by atoms with van der Waals surface area (Å²) in [7, 11) is 3.89. The minimum absolute atomic E-state index is 0.513. The number of likely N-dealkylation sites (tertiary alicyclic amines) is 1. The number of benzene rings is 1. The Morgan fingerprint density at radius 1 is 1.44 bits per heavy atom. The van der Waals surface area contributed by atoms with Gasteiger partial charge in [0.05, 0.1) is 13.7 Å². The maximum absolute atomic E-state index is 5.86. The van der Waals surface area contributed by atoms with E-state index in [-0.39, 0.29) is 0 Å². The fraction of sp³-hybridized carbons (Fsp3) is 0.538. The number of para-hydroxylation sites is 1. The summed E-state index contributed by atoms with van der Waals surface area (Å²) < 4.78 is 11.2. The molecule has 2 aliphatic rings. The molecule has 2 atom stereocenters. The minimum Gasteiger partial charge on any atom is -0.493 e. The van der Waals surface area contributed by atoms with Crippen molar-refractivity contribution < 1.29 is 9.47 Å². The summed E-state index contributed by atoms with van der Waals surface area (Å²) in [4.78, 5) is 2.42. The van der Waals surface area contributed by atoms with Gasteiger partial charge in [-0.2, -0.15) is 0 Å². The largest absolute Gasteiger partial charge is 0.493 e. The molecule has 0 aromatic heterocycles. The first kappa shape index (κ1) is 9.97. The highest BCUT2D eigenvalue weighted by molar-refractivity contribution is 5.49. The van der Waals surface area contributed by atoms with Gasteiger partial charge < -0.3 is 9.47 Å². The van der Waals surface area contributed by atoms with Crippen molar-refractivity contribution in [2.24, 2.45) is 5.92 Å². The lowest BCUT2D eigenvalue weighted by Gasteiger charge is -2.32. The Hall–Kier alpha value is -1.22. The molecule has 16 heavy (non-hydrogen) atoms. The molecule has 1 aromatic carbocycles. The summed E-state index contributed by atoms with van der Waals surface area (Å²) in [5, 5.41) is 0. The number of nitrogens with zero attached hydrogens (tertiary/aromatic N) is 1. The van der Waals surface area contributed by atoms with E-state index < -0.39 is 0 Å². The molecule has 0 radical (unpaired) electrons. The lowest BCUT2D eigenvalue weighted by Crippen LogP contribution is -2.28. The summed E-state index contributed by atoms with van der Waals surface area (Å²) >= 11 is 0. The number of hydrogen-bond donors (Lipinski definition) is 0. The van der Waals surface area contributed by atoms with Crippen molar-refractivity contribution in [1.29, 1.82) is 0 Å². The van der Waals surface area contributed by atoms with Gasteiger partial charge >= 0.3 is 0 Å². The molecule has 0 bridgehead atoms. The smallest absolute Gasteiger partial charge is 0.165 e. The predicted octanol–water partition coefficient (Wildman–Crippen LogP) is 2.08. The van der Waals surface area contributed by atoms with E-state index in [4.69, 9.17) is 9.47 Å². The Kier molecular flexibility index (Phi) is 2.28. The molecular formula is C13H17NO2. The molecule has 1 fully saturated rings. The van der Waals surface area contributed by atoms with Gasteiger partial charge in [-0.3, -0.25) is 4.90 Å². The van der Waals surface area contributed by atoms with E-state index in [0.29, 0.717) is 12.0 Å². The van der Waals surface area contributed by atoms with Crippen LogP contribution in [0.15, 0.2) is 18.2 Å². The maximum atomic E-state index is 5.86. The second-order valence-corrected chi connectivity index (χ2v) is 4.66. The molecule has 3 nitrogen and oxygen atoms in total. The first-order valence-electron chi connectivity index (χ1n) is 5.81. The van der Waals surface area contributed by atoms with E-state index in [2.05, 4.69) is 24.1 Å². The number of hydrogen-bond acceptors (Lipinski definition) is 3. The lowest BCUT2D eigenvalue weighted by molar-refractivity contribution is 0.159. The average molecular weight is 219 g/mol. The Bertz CT molecular complexity index is 405. The quantitative estimate of drug-likeness (QED) is 0.722. The van der Waals surface area contributed by atoms with E-state index in [1.54, 1.807) is 7.11 Å². The summed E-state index contributed by atoms with van der Waals surface area (Å²) in [6.07, 6.45) is 1.23. The van der Waals surface area contributed by atoms with Gasteiger partial charge in [0.2, 0.25) is 0 Å². The molecule has 0 amide bonds. The number of ether oxygens (including phenoxy) is 2. The van der Waals surface area contributed by atoms with Crippen LogP contribution in [0.2, 0.25) is 0 Å². The molecule has 0 unspecified atom stereocenters. The van der Waals surface area contributed by atoms with Crippen LogP contribution in [-0.2, 0) is 0 Å². The van der Waals surface area contributed by atoms with E-state index in [1.165, 1.54) is 12.0 Å². The van der Waals surface area contributed by atoms with Crippen molar-refractivity contribution in [2.45, 2.75) is 12.5 Å². The van der Waals surface area contributed by atoms with Crippen LogP contribution in [0.1, 0.15) is 18.0 Å². The summed E-state index contributed by atoms with van der Waals surface area (Å²) in [6, 6.07) is 6.69. The van der Waals surface area contributed by atoms with Gasteiger partial charge in [-0.25, -0.2) is 0 Å². The van der Waals surface area contributed by atoms with Crippen molar-refractivity contribution in [3.8, 4) is 11.5 Å². The SMILES string of the molecule is COc1cccc2c1OC[C@@H]1CCN(C)[C@H]21. The van der Waals surface area contributed by atoms with E-state index >= 15 is 0 Å². The lowest BCUT2D eigenvalue weighted by atomic mass is 9.91. The van der Waals surface area contributed by atoms with Crippen molar-refractivity contribution in [2.75, 3.05) is 27.3 Å². The standard InChI is InChI=1S/C13H17NO2/c1-14-7-6-9-8-16-13-10(12(9)14)4-3-5-11(13)15-2/h3-5,9,12H,6-8H2,1-2H3/t9-,12-/m0/s1. The van der Waals surface area contributed by atoms with Gasteiger partial charge in [-0.15, -0.1) is 0 Å². The van der Waals surface area contributed by atoms with Crippen LogP contribution in [0.4, 0.5) is 0 Å². The highest BCUT2D eigenvalue weighted by atomic mass is 16.5. The first-order valence-corrected chi connectivity index (χ1v) is 5.81. The van der Waals surface area contributed by atoms with Crippen LogP contribution in [0.25, 0.3) is 0 Å². The number of fused-ring (bicyclic) bond motifs is 3. The van der Waals surface area contributed by atoms with Crippen LogP contribution in [0.5, 0.6) is 11.5 Å². The van der Waals surface area contributed by atoms with E-state index in [1.807, 2.05) is 6.07 Å². The highest BCUT2D eigenvalue weighted by Crippen LogP contribution is 2.47. The second-order valence-electron chi connectivity index (χ2n) is 4.66. The molecule has 2 heterocycles. The zero-order valence-corrected chi connectivity index (χ0v) is 9.77. The van der Waals surface area contributed by atoms with Gasteiger partial charge in [-0.05, 0) is 26.1 Å². The van der Waals surface area contributed by atoms with Gasteiger partial charge in [-0.1, -0.05) is 12.1 Å². The average Bonchev–Trinajstić information content (AvgIpc) is 2.70. The molecule has 1 aromatic rings. The Morgan fingerprint density at radius 2 is 2.31 bits per heavy atom. The molecule has 3 heteroatoms. The normalized spacial score (nSPS) is 28.1. The third kappa shape index (κ3) is 1.31. The van der Waals surface area contributed by atoms with Crippen LogP contribution in [0, 0.1) is 5.92 Å². The predicted molar refractivity (Wildman–Crippen MR) is 62.0 cm³/mol. The summed E-state index contributed by atoms with van der Waals surface area (Å²) in [5.74, 6) is 2.45. The summed E-state index contributed by atoms with van der Waals surface area (Å²) in [6.45, 7) is 1.98. The van der Waals surface area contributed by atoms with Crippen LogP contribution < -0.4 is 9.47 Å². The van der Waals surface area contributed by atoms with Crippen LogP contribution >= 0.6 is 0 Å². The topological polar surface area (TPSA) is 21.7 Å². The van der Waals surface area contributed by atoms with Crippen molar-refractivity contribution >= 4 is 0 Å².